The fourth-order valence-corrected chi connectivity index (χ4v) is 2.21. The van der Waals surface area contributed by atoms with E-state index < -0.39 is 9.05 Å². The topological polar surface area (TPSA) is 52.0 Å². The predicted octanol–water partition coefficient (Wildman–Crippen LogP) is 1.61. The average molecular weight is 235 g/mol. The summed E-state index contributed by atoms with van der Waals surface area (Å²) in [7, 11) is 1.49. The van der Waals surface area contributed by atoms with Crippen molar-refractivity contribution in [3.05, 3.63) is 12.5 Å². The molecular formula is C8H11ClN2O2S. The van der Waals surface area contributed by atoms with Crippen molar-refractivity contribution in [1.29, 1.82) is 0 Å². The quantitative estimate of drug-likeness (QED) is 0.747. The summed E-state index contributed by atoms with van der Waals surface area (Å²) in [5.41, 5.74) is 0. The maximum Gasteiger partial charge on any atom is 0.280 e. The van der Waals surface area contributed by atoms with Gasteiger partial charge in [-0.2, -0.15) is 0 Å². The van der Waals surface area contributed by atoms with E-state index >= 15 is 0 Å². The van der Waals surface area contributed by atoms with Gasteiger partial charge in [0, 0.05) is 23.4 Å². The van der Waals surface area contributed by atoms with Crippen LogP contribution in [-0.2, 0) is 15.6 Å². The molecule has 0 unspecified atom stereocenters. The van der Waals surface area contributed by atoms with Gasteiger partial charge in [0.1, 0.15) is 0 Å². The Balaban J connectivity index is 2.09. The second-order valence-electron chi connectivity index (χ2n) is 3.64. The lowest BCUT2D eigenvalue weighted by molar-refractivity contribution is 0.276. The zero-order valence-electron chi connectivity index (χ0n) is 7.56. The molecule has 0 saturated heterocycles. The second kappa shape index (κ2) is 3.55. The Morgan fingerprint density at radius 1 is 1.57 bits per heavy atom. The lowest BCUT2D eigenvalue weighted by atomic mass is 9.85. The Bertz CT molecular complexity index is 422. The van der Waals surface area contributed by atoms with Crippen molar-refractivity contribution in [2.75, 3.05) is 0 Å². The third-order valence-electron chi connectivity index (χ3n) is 2.55. The largest absolute Gasteiger partial charge is 0.336 e. The molecule has 0 radical (unpaired) electrons. The molecule has 1 aromatic heterocycles. The van der Waals surface area contributed by atoms with Gasteiger partial charge in [-0.25, -0.2) is 13.4 Å². The van der Waals surface area contributed by atoms with E-state index in [2.05, 4.69) is 4.98 Å². The summed E-state index contributed by atoms with van der Waals surface area (Å²) in [4.78, 5) is 3.74. The summed E-state index contributed by atoms with van der Waals surface area (Å²) in [6.45, 7) is 0.847. The van der Waals surface area contributed by atoms with Crippen molar-refractivity contribution >= 4 is 19.7 Å². The maximum absolute atomic E-state index is 10.9. The van der Waals surface area contributed by atoms with E-state index in [0.29, 0.717) is 5.92 Å². The molecule has 4 nitrogen and oxygen atoms in total. The number of hydrogen-bond acceptors (Lipinski definition) is 3. The van der Waals surface area contributed by atoms with Crippen LogP contribution in [0.25, 0.3) is 0 Å². The molecule has 0 N–H and O–H groups in total. The first-order valence-corrected chi connectivity index (χ1v) is 6.83. The van der Waals surface area contributed by atoms with Crippen LogP contribution in [0, 0.1) is 5.92 Å². The molecular weight excluding hydrogens is 224 g/mol. The van der Waals surface area contributed by atoms with E-state index in [1.165, 1.54) is 31.8 Å². The summed E-state index contributed by atoms with van der Waals surface area (Å²) < 4.78 is 23.6. The molecule has 0 atom stereocenters. The number of nitrogens with zero attached hydrogens (tertiary/aromatic N) is 2. The highest BCUT2D eigenvalue weighted by Crippen LogP contribution is 2.28. The smallest absolute Gasteiger partial charge is 0.280 e. The van der Waals surface area contributed by atoms with Gasteiger partial charge < -0.3 is 4.57 Å². The molecule has 2 rings (SSSR count). The van der Waals surface area contributed by atoms with E-state index in [9.17, 15) is 8.42 Å². The molecule has 1 fully saturated rings. The molecule has 78 valence electrons. The van der Waals surface area contributed by atoms with Gasteiger partial charge in [-0.15, -0.1) is 0 Å². The van der Waals surface area contributed by atoms with Crippen molar-refractivity contribution in [1.82, 2.24) is 9.55 Å². The zero-order chi connectivity index (χ0) is 10.2. The molecule has 1 saturated carbocycles. The third-order valence-corrected chi connectivity index (χ3v) is 3.74. The van der Waals surface area contributed by atoms with Crippen LogP contribution in [0.4, 0.5) is 0 Å². The standard InChI is InChI=1S/C8H11ClN2O2S/c9-14(12,13)8-5-11(6-10-8)4-7-2-1-3-7/h5-7H,1-4H2. The minimum Gasteiger partial charge on any atom is -0.336 e. The highest BCUT2D eigenvalue weighted by molar-refractivity contribution is 8.13. The van der Waals surface area contributed by atoms with Gasteiger partial charge in [0.25, 0.3) is 9.05 Å². The maximum atomic E-state index is 10.9. The molecule has 0 spiro atoms. The molecule has 6 heteroatoms. The van der Waals surface area contributed by atoms with Crippen LogP contribution in [0.3, 0.4) is 0 Å². The molecule has 1 heterocycles. The van der Waals surface area contributed by atoms with Gasteiger partial charge in [-0.3, -0.25) is 0 Å². The van der Waals surface area contributed by atoms with Crippen molar-refractivity contribution in [2.45, 2.75) is 30.8 Å². The van der Waals surface area contributed by atoms with Crippen molar-refractivity contribution in [3.8, 4) is 0 Å². The van der Waals surface area contributed by atoms with Crippen LogP contribution in [0.5, 0.6) is 0 Å². The third kappa shape index (κ3) is 2.09. The molecule has 0 bridgehead atoms. The summed E-state index contributed by atoms with van der Waals surface area (Å²) in [6, 6.07) is 0. The van der Waals surface area contributed by atoms with Gasteiger partial charge in [-0.05, 0) is 18.8 Å². The van der Waals surface area contributed by atoms with Gasteiger partial charge in [-0.1, -0.05) is 6.42 Å². The Morgan fingerprint density at radius 3 is 2.71 bits per heavy atom. The Kier molecular flexibility index (Phi) is 2.53. The monoisotopic (exact) mass is 234 g/mol. The summed E-state index contributed by atoms with van der Waals surface area (Å²) in [6.07, 6.45) is 6.73. The predicted molar refractivity (Wildman–Crippen MR) is 52.6 cm³/mol. The molecule has 14 heavy (non-hydrogen) atoms. The number of imidazole rings is 1. The van der Waals surface area contributed by atoms with Crippen molar-refractivity contribution < 1.29 is 8.42 Å². The molecule has 1 aliphatic rings. The first kappa shape index (κ1) is 9.98. The van der Waals surface area contributed by atoms with E-state index in [0.717, 1.165) is 6.54 Å². The Hall–Kier alpha value is -0.550. The molecule has 0 aliphatic heterocycles. The second-order valence-corrected chi connectivity index (χ2v) is 6.16. The number of aromatic nitrogens is 2. The van der Waals surface area contributed by atoms with Gasteiger partial charge in [0.2, 0.25) is 0 Å². The van der Waals surface area contributed by atoms with Gasteiger partial charge >= 0.3 is 0 Å². The SMILES string of the molecule is O=S(=O)(Cl)c1cn(CC2CCC2)cn1. The summed E-state index contributed by atoms with van der Waals surface area (Å²) >= 11 is 0. The van der Waals surface area contributed by atoms with Crippen LogP contribution >= 0.6 is 10.7 Å². The fraction of sp³-hybridized carbons (Fsp3) is 0.625. The van der Waals surface area contributed by atoms with E-state index in [-0.39, 0.29) is 5.03 Å². The molecule has 1 aliphatic carbocycles. The Morgan fingerprint density at radius 2 is 2.29 bits per heavy atom. The van der Waals surface area contributed by atoms with Crippen LogP contribution in [0.2, 0.25) is 0 Å². The van der Waals surface area contributed by atoms with E-state index in [4.69, 9.17) is 10.7 Å². The van der Waals surface area contributed by atoms with Crippen molar-refractivity contribution in [3.63, 3.8) is 0 Å². The van der Waals surface area contributed by atoms with Crippen molar-refractivity contribution in [2.24, 2.45) is 5.92 Å². The molecule has 0 aromatic carbocycles. The highest BCUT2D eigenvalue weighted by Gasteiger charge is 2.19. The zero-order valence-corrected chi connectivity index (χ0v) is 9.13. The van der Waals surface area contributed by atoms with Gasteiger partial charge in [0.05, 0.1) is 6.33 Å². The first-order chi connectivity index (χ1) is 6.55. The minimum absolute atomic E-state index is 0.0570. The van der Waals surface area contributed by atoms with Gasteiger partial charge in [0.15, 0.2) is 5.03 Å². The molecule has 0 amide bonds. The van der Waals surface area contributed by atoms with Crippen LogP contribution in [0.15, 0.2) is 17.6 Å². The lowest BCUT2D eigenvalue weighted by Crippen LogP contribution is -2.17. The van der Waals surface area contributed by atoms with Crippen LogP contribution < -0.4 is 0 Å². The normalized spacial score (nSPS) is 18.1. The summed E-state index contributed by atoms with van der Waals surface area (Å²) in [5, 5.41) is -0.0570. The minimum atomic E-state index is -3.67. The fourth-order valence-electron chi connectivity index (χ4n) is 1.54. The van der Waals surface area contributed by atoms with E-state index in [1.807, 2.05) is 0 Å². The highest BCUT2D eigenvalue weighted by atomic mass is 35.7. The Labute approximate surface area is 87.3 Å². The number of halogens is 1. The lowest BCUT2D eigenvalue weighted by Gasteiger charge is -2.25. The van der Waals surface area contributed by atoms with Crippen LogP contribution in [-0.4, -0.2) is 18.0 Å². The van der Waals surface area contributed by atoms with Crippen LogP contribution in [0.1, 0.15) is 19.3 Å². The number of rotatable bonds is 3. The van der Waals surface area contributed by atoms with E-state index in [1.54, 1.807) is 4.57 Å². The summed E-state index contributed by atoms with van der Waals surface area (Å²) in [5.74, 6) is 0.676. The first-order valence-electron chi connectivity index (χ1n) is 4.52. The molecule has 1 aromatic rings. The number of hydrogen-bond donors (Lipinski definition) is 0. The average Bonchev–Trinajstić information content (AvgIpc) is 2.43.